The molecule has 16 heavy (non-hydrogen) atoms. The molecule has 5 heteroatoms. The fourth-order valence-electron chi connectivity index (χ4n) is 2.22. The van der Waals surface area contributed by atoms with E-state index in [-0.39, 0.29) is 0 Å². The normalized spacial score (nSPS) is 16.2. The molecule has 0 aromatic carbocycles. The van der Waals surface area contributed by atoms with E-state index in [1.54, 1.807) is 6.20 Å². The van der Waals surface area contributed by atoms with Gasteiger partial charge in [-0.15, -0.1) is 0 Å². The number of rotatable bonds is 1. The van der Waals surface area contributed by atoms with Crippen molar-refractivity contribution in [2.45, 2.75) is 19.8 Å². The van der Waals surface area contributed by atoms with Gasteiger partial charge in [-0.3, -0.25) is 0 Å². The smallest absolute Gasteiger partial charge is 0.180 e. The molecule has 2 aromatic rings. The van der Waals surface area contributed by atoms with Crippen molar-refractivity contribution in [2.24, 2.45) is 0 Å². The average Bonchev–Trinajstić information content (AvgIpc) is 2.83. The molecule has 84 valence electrons. The first-order valence-electron chi connectivity index (χ1n) is 5.51. The third-order valence-electron chi connectivity index (χ3n) is 2.92. The molecule has 0 atom stereocenters. The average molecular weight is 237 g/mol. The second-order valence-electron chi connectivity index (χ2n) is 4.19. The fourth-order valence-corrected chi connectivity index (χ4v) is 2.40. The van der Waals surface area contributed by atoms with Crippen LogP contribution in [-0.4, -0.2) is 27.5 Å². The number of fused-ring (bicyclic) bond motifs is 1. The molecule has 1 fully saturated rings. The Kier molecular flexibility index (Phi) is 2.24. The number of halogens is 1. The van der Waals surface area contributed by atoms with Gasteiger partial charge in [0.1, 0.15) is 5.15 Å². The van der Waals surface area contributed by atoms with Gasteiger partial charge in [0.25, 0.3) is 0 Å². The van der Waals surface area contributed by atoms with Gasteiger partial charge in [-0.05, 0) is 19.8 Å². The molecule has 0 radical (unpaired) electrons. The highest BCUT2D eigenvalue weighted by molar-refractivity contribution is 6.29. The van der Waals surface area contributed by atoms with Crippen LogP contribution < -0.4 is 4.90 Å². The minimum atomic E-state index is 0.520. The molecule has 3 heterocycles. The molecule has 0 unspecified atom stereocenters. The second kappa shape index (κ2) is 3.63. The molecule has 0 N–H and O–H groups in total. The predicted octanol–water partition coefficient (Wildman–Crippen LogP) is 2.29. The molecule has 2 aromatic heterocycles. The van der Waals surface area contributed by atoms with Gasteiger partial charge in [-0.25, -0.2) is 9.97 Å². The maximum absolute atomic E-state index is 6.03. The number of hydrogen-bond acceptors (Lipinski definition) is 3. The summed E-state index contributed by atoms with van der Waals surface area (Å²) in [7, 11) is 0. The zero-order valence-corrected chi connectivity index (χ0v) is 9.91. The minimum absolute atomic E-state index is 0.520. The summed E-state index contributed by atoms with van der Waals surface area (Å²) in [4.78, 5) is 11.2. The molecule has 1 saturated heterocycles. The molecule has 0 aliphatic carbocycles. The summed E-state index contributed by atoms with van der Waals surface area (Å²) in [5, 5.41) is 0.520. The van der Waals surface area contributed by atoms with Gasteiger partial charge in [0.2, 0.25) is 0 Å². The molecular weight excluding hydrogens is 224 g/mol. The van der Waals surface area contributed by atoms with E-state index in [0.29, 0.717) is 5.15 Å². The van der Waals surface area contributed by atoms with Crippen LogP contribution in [0.25, 0.3) is 5.65 Å². The van der Waals surface area contributed by atoms with Crippen molar-refractivity contribution in [1.29, 1.82) is 0 Å². The number of aryl methyl sites for hydroxylation is 1. The zero-order chi connectivity index (χ0) is 11.1. The molecule has 1 aliphatic heterocycles. The summed E-state index contributed by atoms with van der Waals surface area (Å²) in [6.07, 6.45) is 6.22. The monoisotopic (exact) mass is 236 g/mol. The van der Waals surface area contributed by atoms with Crippen LogP contribution in [0.3, 0.4) is 0 Å². The lowest BCUT2D eigenvalue weighted by Crippen LogP contribution is -2.20. The van der Waals surface area contributed by atoms with Crippen LogP contribution in [0.2, 0.25) is 5.15 Å². The van der Waals surface area contributed by atoms with E-state index in [4.69, 9.17) is 11.6 Å². The van der Waals surface area contributed by atoms with E-state index in [2.05, 4.69) is 14.9 Å². The van der Waals surface area contributed by atoms with Crippen LogP contribution in [0.1, 0.15) is 18.5 Å². The lowest BCUT2D eigenvalue weighted by molar-refractivity contribution is 0.928. The van der Waals surface area contributed by atoms with Gasteiger partial charge < -0.3 is 9.30 Å². The number of nitrogens with zero attached hydrogens (tertiary/aromatic N) is 4. The van der Waals surface area contributed by atoms with Gasteiger partial charge in [0.05, 0.1) is 5.69 Å². The van der Waals surface area contributed by atoms with Crippen molar-refractivity contribution in [3.05, 3.63) is 23.2 Å². The topological polar surface area (TPSA) is 33.4 Å². The number of imidazole rings is 1. The molecule has 0 saturated carbocycles. The van der Waals surface area contributed by atoms with Crippen molar-refractivity contribution in [3.8, 4) is 0 Å². The lowest BCUT2D eigenvalue weighted by Gasteiger charge is -2.16. The Morgan fingerprint density at radius 2 is 1.94 bits per heavy atom. The fraction of sp³-hybridized carbons (Fsp3) is 0.455. The Labute approximate surface area is 98.9 Å². The molecular formula is C11H13ClN4. The van der Waals surface area contributed by atoms with Crippen LogP contribution >= 0.6 is 11.6 Å². The first kappa shape index (κ1) is 9.90. The van der Waals surface area contributed by atoms with Crippen LogP contribution in [-0.2, 0) is 0 Å². The third kappa shape index (κ3) is 1.53. The van der Waals surface area contributed by atoms with Crippen molar-refractivity contribution < 1.29 is 0 Å². The summed E-state index contributed by atoms with van der Waals surface area (Å²) in [6.45, 7) is 4.08. The Balaban J connectivity index is 2.20. The molecule has 0 bridgehead atoms. The Bertz CT molecular complexity index is 528. The quantitative estimate of drug-likeness (QED) is 0.762. The van der Waals surface area contributed by atoms with Crippen LogP contribution in [0, 0.1) is 6.92 Å². The van der Waals surface area contributed by atoms with Crippen LogP contribution in [0.4, 0.5) is 5.82 Å². The Morgan fingerprint density at radius 1 is 1.19 bits per heavy atom. The van der Waals surface area contributed by atoms with Gasteiger partial charge >= 0.3 is 0 Å². The molecule has 3 rings (SSSR count). The van der Waals surface area contributed by atoms with E-state index in [1.165, 1.54) is 12.8 Å². The first-order chi connectivity index (χ1) is 7.74. The molecule has 4 nitrogen and oxygen atoms in total. The van der Waals surface area contributed by atoms with Gasteiger partial charge in [0.15, 0.2) is 11.5 Å². The summed E-state index contributed by atoms with van der Waals surface area (Å²) < 4.78 is 1.96. The maximum Gasteiger partial charge on any atom is 0.180 e. The molecule has 0 spiro atoms. The third-order valence-corrected chi connectivity index (χ3v) is 3.10. The Hall–Kier alpha value is -1.29. The SMILES string of the molecule is Cc1cn2cc(Cl)nc(N3CCCC3)c2n1. The standard InChI is InChI=1S/C11H13ClN4/c1-8-6-16-7-9(12)14-11(10(16)13-8)15-4-2-3-5-15/h6-7H,2-5H2,1H3. The number of aromatic nitrogens is 3. The van der Waals surface area contributed by atoms with Crippen molar-refractivity contribution in [3.63, 3.8) is 0 Å². The highest BCUT2D eigenvalue weighted by Crippen LogP contribution is 2.24. The minimum Gasteiger partial charge on any atom is -0.353 e. The van der Waals surface area contributed by atoms with E-state index >= 15 is 0 Å². The van der Waals surface area contributed by atoms with E-state index < -0.39 is 0 Å². The van der Waals surface area contributed by atoms with Crippen molar-refractivity contribution in [2.75, 3.05) is 18.0 Å². The van der Waals surface area contributed by atoms with Gasteiger partial charge in [0, 0.05) is 25.5 Å². The highest BCUT2D eigenvalue weighted by atomic mass is 35.5. The van der Waals surface area contributed by atoms with E-state index in [9.17, 15) is 0 Å². The van der Waals surface area contributed by atoms with Crippen LogP contribution in [0.15, 0.2) is 12.4 Å². The van der Waals surface area contributed by atoms with E-state index in [1.807, 2.05) is 17.5 Å². The predicted molar refractivity (Wildman–Crippen MR) is 64.2 cm³/mol. The summed E-state index contributed by atoms with van der Waals surface area (Å²) in [5.74, 6) is 0.915. The van der Waals surface area contributed by atoms with Crippen molar-refractivity contribution in [1.82, 2.24) is 14.4 Å². The summed E-state index contributed by atoms with van der Waals surface area (Å²) in [6, 6.07) is 0. The van der Waals surface area contributed by atoms with Crippen molar-refractivity contribution >= 4 is 23.1 Å². The van der Waals surface area contributed by atoms with E-state index in [0.717, 1.165) is 30.2 Å². The second-order valence-corrected chi connectivity index (χ2v) is 4.58. The lowest BCUT2D eigenvalue weighted by atomic mass is 10.4. The number of anilines is 1. The van der Waals surface area contributed by atoms with Gasteiger partial charge in [-0.2, -0.15) is 0 Å². The molecule has 1 aliphatic rings. The zero-order valence-electron chi connectivity index (χ0n) is 9.15. The summed E-state index contributed by atoms with van der Waals surface area (Å²) in [5.41, 5.74) is 1.90. The highest BCUT2D eigenvalue weighted by Gasteiger charge is 2.18. The van der Waals surface area contributed by atoms with Gasteiger partial charge in [-0.1, -0.05) is 11.6 Å². The first-order valence-corrected chi connectivity index (χ1v) is 5.88. The largest absolute Gasteiger partial charge is 0.353 e. The Morgan fingerprint density at radius 3 is 2.69 bits per heavy atom. The molecule has 0 amide bonds. The maximum atomic E-state index is 6.03. The summed E-state index contributed by atoms with van der Waals surface area (Å²) >= 11 is 6.03. The number of hydrogen-bond donors (Lipinski definition) is 0. The van der Waals surface area contributed by atoms with Crippen LogP contribution in [0.5, 0.6) is 0 Å².